The highest BCUT2D eigenvalue weighted by Gasteiger charge is 2.14. The summed E-state index contributed by atoms with van der Waals surface area (Å²) in [7, 11) is 0. The Morgan fingerprint density at radius 3 is 2.88 bits per heavy atom. The molecule has 1 saturated heterocycles. The molecular weight excluding hydrogens is 235 g/mol. The van der Waals surface area contributed by atoms with E-state index in [0.29, 0.717) is 11.5 Å². The van der Waals surface area contributed by atoms with Gasteiger partial charge in [-0.3, -0.25) is 0 Å². The van der Waals surface area contributed by atoms with Crippen LogP contribution in [-0.4, -0.2) is 18.1 Å². The van der Waals surface area contributed by atoms with Crippen molar-refractivity contribution >= 4 is 17.4 Å². The predicted molar refractivity (Wildman–Crippen MR) is 69.7 cm³/mol. The highest BCUT2D eigenvalue weighted by molar-refractivity contribution is 7.99. The van der Waals surface area contributed by atoms with Crippen molar-refractivity contribution in [1.82, 2.24) is 0 Å². The highest BCUT2D eigenvalue weighted by atomic mass is 32.2. The summed E-state index contributed by atoms with van der Waals surface area (Å²) in [5.74, 6) is 2.76. The van der Waals surface area contributed by atoms with Gasteiger partial charge in [0.15, 0.2) is 0 Å². The summed E-state index contributed by atoms with van der Waals surface area (Å²) in [5, 5.41) is 12.2. The van der Waals surface area contributed by atoms with Crippen LogP contribution in [0.4, 0.5) is 10.1 Å². The molecule has 1 aromatic rings. The van der Waals surface area contributed by atoms with Crippen molar-refractivity contribution < 1.29 is 4.39 Å². The summed E-state index contributed by atoms with van der Waals surface area (Å²) in [6, 6.07) is 6.33. The summed E-state index contributed by atoms with van der Waals surface area (Å²) >= 11 is 2.00. The molecule has 0 radical (unpaired) electrons. The average molecular weight is 250 g/mol. The molecule has 1 aliphatic heterocycles. The highest BCUT2D eigenvalue weighted by Crippen LogP contribution is 2.24. The predicted octanol–water partition coefficient (Wildman–Crippen LogP) is 3.25. The largest absolute Gasteiger partial charge is 0.384 e. The third-order valence-corrected chi connectivity index (χ3v) is 4.07. The lowest BCUT2D eigenvalue weighted by Gasteiger charge is -2.22. The van der Waals surface area contributed by atoms with Crippen molar-refractivity contribution in [2.24, 2.45) is 5.92 Å². The number of halogens is 1. The lowest BCUT2D eigenvalue weighted by atomic mass is 10.0. The molecule has 0 aromatic heterocycles. The molecule has 2 rings (SSSR count). The van der Waals surface area contributed by atoms with Gasteiger partial charge in [0.25, 0.3) is 0 Å². The van der Waals surface area contributed by atoms with E-state index in [2.05, 4.69) is 5.32 Å². The number of anilines is 1. The molecule has 1 aromatic carbocycles. The number of hydrogen-bond acceptors (Lipinski definition) is 3. The molecule has 0 aliphatic carbocycles. The van der Waals surface area contributed by atoms with E-state index in [1.54, 1.807) is 6.07 Å². The van der Waals surface area contributed by atoms with Gasteiger partial charge in [-0.05, 0) is 48.5 Å². The molecule has 0 bridgehead atoms. The van der Waals surface area contributed by atoms with E-state index < -0.39 is 0 Å². The fourth-order valence-corrected chi connectivity index (χ4v) is 3.17. The number of hydrogen-bond donors (Lipinski definition) is 1. The van der Waals surface area contributed by atoms with Gasteiger partial charge in [0, 0.05) is 6.54 Å². The SMILES string of the molecule is N#Cc1cc(F)ccc1NCC1CCSCC1. The Hall–Kier alpha value is -1.21. The monoisotopic (exact) mass is 250 g/mol. The zero-order chi connectivity index (χ0) is 12.1. The van der Waals surface area contributed by atoms with E-state index in [9.17, 15) is 4.39 Å². The van der Waals surface area contributed by atoms with Crippen LogP contribution in [0.2, 0.25) is 0 Å². The lowest BCUT2D eigenvalue weighted by Crippen LogP contribution is -2.19. The molecule has 1 heterocycles. The number of nitriles is 1. The maximum atomic E-state index is 12.9. The Morgan fingerprint density at radius 2 is 2.18 bits per heavy atom. The van der Waals surface area contributed by atoms with Gasteiger partial charge < -0.3 is 5.32 Å². The van der Waals surface area contributed by atoms with Crippen LogP contribution in [0.15, 0.2) is 18.2 Å². The normalized spacial score (nSPS) is 16.5. The topological polar surface area (TPSA) is 35.8 Å². The van der Waals surface area contributed by atoms with Crippen molar-refractivity contribution in [3.05, 3.63) is 29.6 Å². The van der Waals surface area contributed by atoms with Gasteiger partial charge >= 0.3 is 0 Å². The molecule has 0 amide bonds. The summed E-state index contributed by atoms with van der Waals surface area (Å²) in [4.78, 5) is 0. The molecule has 0 unspecified atom stereocenters. The molecule has 17 heavy (non-hydrogen) atoms. The van der Waals surface area contributed by atoms with Crippen LogP contribution in [-0.2, 0) is 0 Å². The van der Waals surface area contributed by atoms with Crippen LogP contribution >= 0.6 is 11.8 Å². The van der Waals surface area contributed by atoms with E-state index in [1.165, 1.54) is 36.5 Å². The van der Waals surface area contributed by atoms with Gasteiger partial charge in [-0.25, -0.2) is 4.39 Å². The summed E-state index contributed by atoms with van der Waals surface area (Å²) < 4.78 is 12.9. The maximum Gasteiger partial charge on any atom is 0.124 e. The van der Waals surface area contributed by atoms with Crippen LogP contribution in [0.3, 0.4) is 0 Å². The van der Waals surface area contributed by atoms with E-state index in [0.717, 1.165) is 12.2 Å². The molecule has 0 saturated carbocycles. The van der Waals surface area contributed by atoms with Crippen molar-refractivity contribution in [3.63, 3.8) is 0 Å². The minimum Gasteiger partial charge on any atom is -0.384 e. The molecular formula is C13H15FN2S. The second-order valence-electron chi connectivity index (χ2n) is 4.24. The molecule has 1 fully saturated rings. The standard InChI is InChI=1S/C13H15FN2S/c14-12-1-2-13(11(7-12)8-15)16-9-10-3-5-17-6-4-10/h1-2,7,10,16H,3-6,9H2. The quantitative estimate of drug-likeness (QED) is 0.894. The Bertz CT molecular complexity index is 422. The average Bonchev–Trinajstić information content (AvgIpc) is 2.38. The van der Waals surface area contributed by atoms with Crippen molar-refractivity contribution in [1.29, 1.82) is 5.26 Å². The van der Waals surface area contributed by atoms with Crippen molar-refractivity contribution in [3.8, 4) is 6.07 Å². The third-order valence-electron chi connectivity index (χ3n) is 3.02. The Labute approximate surface area is 105 Å². The lowest BCUT2D eigenvalue weighted by molar-refractivity contribution is 0.516. The third kappa shape index (κ3) is 3.37. The first-order valence-corrected chi connectivity index (χ1v) is 6.96. The first kappa shape index (κ1) is 12.3. The Morgan fingerprint density at radius 1 is 1.41 bits per heavy atom. The van der Waals surface area contributed by atoms with Crippen LogP contribution in [0, 0.1) is 23.1 Å². The summed E-state index contributed by atoms with van der Waals surface area (Å²) in [6.07, 6.45) is 2.45. The smallest absolute Gasteiger partial charge is 0.124 e. The number of thioether (sulfide) groups is 1. The zero-order valence-corrected chi connectivity index (χ0v) is 10.4. The van der Waals surface area contributed by atoms with Crippen LogP contribution in [0.1, 0.15) is 18.4 Å². The Kier molecular flexibility index (Phi) is 4.27. The Balaban J connectivity index is 1.96. The molecule has 90 valence electrons. The van der Waals surface area contributed by atoms with Crippen LogP contribution in [0.5, 0.6) is 0 Å². The zero-order valence-electron chi connectivity index (χ0n) is 9.58. The molecule has 4 heteroatoms. The fraction of sp³-hybridized carbons (Fsp3) is 0.462. The van der Waals surface area contributed by atoms with E-state index >= 15 is 0 Å². The van der Waals surface area contributed by atoms with Gasteiger partial charge in [-0.1, -0.05) is 0 Å². The minimum absolute atomic E-state index is 0.360. The number of nitrogens with one attached hydrogen (secondary N) is 1. The first-order chi connectivity index (χ1) is 8.29. The van der Waals surface area contributed by atoms with Gasteiger partial charge in [0.05, 0.1) is 11.3 Å². The number of rotatable bonds is 3. The molecule has 0 spiro atoms. The van der Waals surface area contributed by atoms with Crippen LogP contribution < -0.4 is 5.32 Å². The number of nitrogens with zero attached hydrogens (tertiary/aromatic N) is 1. The van der Waals surface area contributed by atoms with E-state index in [1.807, 2.05) is 17.8 Å². The second-order valence-corrected chi connectivity index (χ2v) is 5.46. The van der Waals surface area contributed by atoms with Gasteiger partial charge in [-0.15, -0.1) is 0 Å². The second kappa shape index (κ2) is 5.92. The molecule has 1 N–H and O–H groups in total. The molecule has 0 atom stereocenters. The number of benzene rings is 1. The van der Waals surface area contributed by atoms with Gasteiger partial charge in [-0.2, -0.15) is 17.0 Å². The van der Waals surface area contributed by atoms with Crippen LogP contribution in [0.25, 0.3) is 0 Å². The fourth-order valence-electron chi connectivity index (χ4n) is 1.97. The minimum atomic E-state index is -0.360. The first-order valence-electron chi connectivity index (χ1n) is 5.81. The van der Waals surface area contributed by atoms with Crippen molar-refractivity contribution in [2.45, 2.75) is 12.8 Å². The maximum absolute atomic E-state index is 12.9. The summed E-state index contributed by atoms with van der Waals surface area (Å²) in [6.45, 7) is 0.876. The molecule has 2 nitrogen and oxygen atoms in total. The van der Waals surface area contributed by atoms with E-state index in [4.69, 9.17) is 5.26 Å². The van der Waals surface area contributed by atoms with E-state index in [-0.39, 0.29) is 5.82 Å². The summed E-state index contributed by atoms with van der Waals surface area (Å²) in [5.41, 5.74) is 1.13. The van der Waals surface area contributed by atoms with Crippen molar-refractivity contribution in [2.75, 3.05) is 23.4 Å². The molecule has 1 aliphatic rings. The van der Waals surface area contributed by atoms with Gasteiger partial charge in [0.2, 0.25) is 0 Å². The van der Waals surface area contributed by atoms with Gasteiger partial charge in [0.1, 0.15) is 11.9 Å².